The fourth-order valence-corrected chi connectivity index (χ4v) is 3.79. The van der Waals surface area contributed by atoms with E-state index in [4.69, 9.17) is 0 Å². The van der Waals surface area contributed by atoms with Crippen molar-refractivity contribution in [2.45, 2.75) is 13.8 Å². The molecule has 6 heterocycles. The lowest BCUT2D eigenvalue weighted by Gasteiger charge is -2.04. The molecule has 0 radical (unpaired) electrons. The minimum Gasteiger partial charge on any atom is -0.251 e. The Balaban J connectivity index is 1.17. The fraction of sp³-hybridized carbons (Fsp3) is 0.0714. The molecule has 10 heteroatoms. The van der Waals surface area contributed by atoms with Gasteiger partial charge in [0.05, 0.1) is 11.4 Å². The summed E-state index contributed by atoms with van der Waals surface area (Å²) in [6.45, 7) is 3.88. The van der Waals surface area contributed by atoms with Crippen LogP contribution in [-0.4, -0.2) is 50.8 Å². The van der Waals surface area contributed by atoms with Gasteiger partial charge in [0.1, 0.15) is 45.6 Å². The zero-order valence-electron chi connectivity index (χ0n) is 20.6. The van der Waals surface area contributed by atoms with Gasteiger partial charge in [-0.3, -0.25) is 9.97 Å². The van der Waals surface area contributed by atoms with Crippen molar-refractivity contribution in [3.63, 3.8) is 0 Å². The molecule has 0 spiro atoms. The smallest absolute Gasteiger partial charge is 0.113 e. The quantitative estimate of drug-likeness (QED) is 0.334. The highest BCUT2D eigenvalue weighted by molar-refractivity contribution is 5.63. The maximum absolute atomic E-state index is 4.48. The second kappa shape index (κ2) is 9.94. The van der Waals surface area contributed by atoms with Crippen molar-refractivity contribution in [2.75, 3.05) is 0 Å². The van der Waals surface area contributed by atoms with Gasteiger partial charge in [0.25, 0.3) is 0 Å². The van der Waals surface area contributed by atoms with E-state index in [9.17, 15) is 0 Å². The molecule has 0 aliphatic heterocycles. The summed E-state index contributed by atoms with van der Waals surface area (Å²) in [6, 6.07) is 26.3. The minimum atomic E-state index is 0.591. The summed E-state index contributed by atoms with van der Waals surface area (Å²) in [6.07, 6.45) is 0. The van der Waals surface area contributed by atoms with Crippen molar-refractivity contribution in [1.29, 1.82) is 0 Å². The Bertz CT molecular complexity index is 1570. The molecular formula is C28H20N10. The Kier molecular flexibility index (Phi) is 6.03. The van der Waals surface area contributed by atoms with Crippen LogP contribution in [0, 0.1) is 13.8 Å². The third-order valence-corrected chi connectivity index (χ3v) is 5.75. The molecule has 10 nitrogen and oxygen atoms in total. The average molecular weight is 497 g/mol. The van der Waals surface area contributed by atoms with E-state index >= 15 is 0 Å². The first kappa shape index (κ1) is 23.0. The van der Waals surface area contributed by atoms with Crippen LogP contribution in [0.1, 0.15) is 11.4 Å². The number of aryl methyl sites for hydroxylation is 2. The minimum absolute atomic E-state index is 0.591. The largest absolute Gasteiger partial charge is 0.251 e. The van der Waals surface area contributed by atoms with E-state index in [2.05, 4.69) is 50.8 Å². The first-order valence-corrected chi connectivity index (χ1v) is 11.9. The van der Waals surface area contributed by atoms with Crippen molar-refractivity contribution in [1.82, 2.24) is 50.8 Å². The molecule has 0 N–H and O–H groups in total. The highest BCUT2D eigenvalue weighted by Crippen LogP contribution is 2.22. The number of hydrogen-bond acceptors (Lipinski definition) is 10. The standard InChI is InChI=1S/C28H20N10/c1-17-5-3-7-19(29-17)21-9-11-23(33-31-21)25-13-15-27(37-35-25)28-16-14-26(36-38-28)24-12-10-22(32-34-24)20-8-4-6-18(2)30-20/h3-16H,1-2H3. The van der Waals surface area contributed by atoms with Crippen LogP contribution in [0.4, 0.5) is 0 Å². The van der Waals surface area contributed by atoms with E-state index in [1.807, 2.05) is 98.8 Å². The van der Waals surface area contributed by atoms with Crippen molar-refractivity contribution in [3.05, 3.63) is 96.3 Å². The Hall–Kier alpha value is -5.38. The molecule has 0 saturated heterocycles. The molecule has 38 heavy (non-hydrogen) atoms. The zero-order chi connectivity index (χ0) is 25.9. The number of hydrogen-bond donors (Lipinski definition) is 0. The first-order valence-electron chi connectivity index (χ1n) is 11.9. The molecule has 0 saturated carbocycles. The summed E-state index contributed by atoms with van der Waals surface area (Å²) in [5.74, 6) is 0. The zero-order valence-corrected chi connectivity index (χ0v) is 20.6. The van der Waals surface area contributed by atoms with E-state index < -0.39 is 0 Å². The van der Waals surface area contributed by atoms with Crippen LogP contribution < -0.4 is 0 Å². The first-order chi connectivity index (χ1) is 18.6. The normalized spacial score (nSPS) is 10.9. The monoisotopic (exact) mass is 496 g/mol. The van der Waals surface area contributed by atoms with E-state index in [1.165, 1.54) is 0 Å². The Morgan fingerprint density at radius 1 is 0.289 bits per heavy atom. The third-order valence-electron chi connectivity index (χ3n) is 5.75. The van der Waals surface area contributed by atoms with Gasteiger partial charge in [0.2, 0.25) is 0 Å². The molecule has 0 atom stereocenters. The summed E-state index contributed by atoms with van der Waals surface area (Å²) in [7, 11) is 0. The second-order valence-corrected chi connectivity index (χ2v) is 8.54. The van der Waals surface area contributed by atoms with Gasteiger partial charge < -0.3 is 0 Å². The molecule has 6 aromatic heterocycles. The second-order valence-electron chi connectivity index (χ2n) is 8.54. The van der Waals surface area contributed by atoms with E-state index in [0.717, 1.165) is 22.8 Å². The fourth-order valence-electron chi connectivity index (χ4n) is 3.79. The van der Waals surface area contributed by atoms with Crippen molar-refractivity contribution >= 4 is 0 Å². The molecule has 0 bridgehead atoms. The average Bonchev–Trinajstić information content (AvgIpc) is 2.98. The predicted molar refractivity (Wildman–Crippen MR) is 141 cm³/mol. The maximum atomic E-state index is 4.48. The lowest BCUT2D eigenvalue weighted by atomic mass is 10.2. The summed E-state index contributed by atoms with van der Waals surface area (Å²) >= 11 is 0. The van der Waals surface area contributed by atoms with Crippen LogP contribution in [-0.2, 0) is 0 Å². The predicted octanol–water partition coefficient (Wildman–Crippen LogP) is 4.59. The highest BCUT2D eigenvalue weighted by Gasteiger charge is 2.10. The molecule has 0 aliphatic rings. The van der Waals surface area contributed by atoms with Gasteiger partial charge in [-0.05, 0) is 86.6 Å². The molecular weight excluding hydrogens is 476 g/mol. The molecule has 182 valence electrons. The van der Waals surface area contributed by atoms with Gasteiger partial charge in [0.15, 0.2) is 0 Å². The van der Waals surface area contributed by atoms with E-state index in [0.29, 0.717) is 45.6 Å². The Morgan fingerprint density at radius 2 is 0.526 bits per heavy atom. The van der Waals surface area contributed by atoms with E-state index in [-0.39, 0.29) is 0 Å². The molecule has 0 amide bonds. The van der Waals surface area contributed by atoms with Crippen LogP contribution in [0.2, 0.25) is 0 Å². The molecule has 0 aromatic carbocycles. The Morgan fingerprint density at radius 3 is 0.737 bits per heavy atom. The third kappa shape index (κ3) is 4.82. The topological polar surface area (TPSA) is 129 Å². The van der Waals surface area contributed by atoms with Crippen LogP contribution in [0.15, 0.2) is 84.9 Å². The lowest BCUT2D eigenvalue weighted by molar-refractivity contribution is 0.966. The number of aromatic nitrogens is 10. The number of rotatable bonds is 5. The number of pyridine rings is 2. The maximum Gasteiger partial charge on any atom is 0.113 e. The van der Waals surface area contributed by atoms with Gasteiger partial charge in [-0.1, -0.05) is 12.1 Å². The summed E-state index contributed by atoms with van der Waals surface area (Å²) < 4.78 is 0. The van der Waals surface area contributed by atoms with Crippen molar-refractivity contribution in [2.24, 2.45) is 0 Å². The molecule has 0 aliphatic carbocycles. The SMILES string of the molecule is Cc1cccc(-c2ccc(-c3ccc(-c4ccc(-c5ccc(-c6cccc(C)n6)nn5)nn4)nn3)nn2)n1. The van der Waals surface area contributed by atoms with Gasteiger partial charge >= 0.3 is 0 Å². The summed E-state index contributed by atoms with van der Waals surface area (Å²) in [5.41, 5.74) is 8.42. The van der Waals surface area contributed by atoms with Crippen LogP contribution in [0.3, 0.4) is 0 Å². The van der Waals surface area contributed by atoms with E-state index in [1.54, 1.807) is 0 Å². The lowest BCUT2D eigenvalue weighted by Crippen LogP contribution is -1.98. The Labute approximate surface area is 218 Å². The van der Waals surface area contributed by atoms with Crippen LogP contribution in [0.5, 0.6) is 0 Å². The molecule has 0 unspecified atom stereocenters. The van der Waals surface area contributed by atoms with Gasteiger partial charge in [0, 0.05) is 11.4 Å². The van der Waals surface area contributed by atoms with Crippen molar-refractivity contribution in [3.8, 4) is 56.9 Å². The summed E-state index contributed by atoms with van der Waals surface area (Å²) in [5, 5.41) is 34.4. The molecule has 6 aromatic rings. The van der Waals surface area contributed by atoms with Gasteiger partial charge in [-0.2, -0.15) is 0 Å². The molecule has 0 fully saturated rings. The highest BCUT2D eigenvalue weighted by atomic mass is 15.2. The summed E-state index contributed by atoms with van der Waals surface area (Å²) in [4.78, 5) is 8.96. The molecule has 6 rings (SSSR count). The van der Waals surface area contributed by atoms with Gasteiger partial charge in [-0.25, -0.2) is 0 Å². The van der Waals surface area contributed by atoms with Crippen molar-refractivity contribution < 1.29 is 0 Å². The van der Waals surface area contributed by atoms with Gasteiger partial charge in [-0.15, -0.1) is 40.8 Å². The number of nitrogens with zero attached hydrogens (tertiary/aromatic N) is 10. The van der Waals surface area contributed by atoms with Crippen LogP contribution in [0.25, 0.3) is 56.9 Å². The van der Waals surface area contributed by atoms with Crippen LogP contribution >= 0.6 is 0 Å².